The Bertz CT molecular complexity index is 1220. The number of nitrogens with two attached hydrogens (primary N) is 1. The number of anilines is 1. The van der Waals surface area contributed by atoms with E-state index in [1.54, 1.807) is 24.0 Å². The summed E-state index contributed by atoms with van der Waals surface area (Å²) in [7, 11) is 1.80. The number of ether oxygens (including phenoxy) is 1. The molecule has 4 rings (SSSR count). The predicted octanol–water partition coefficient (Wildman–Crippen LogP) is 5.19. The van der Waals surface area contributed by atoms with Crippen molar-refractivity contribution >= 4 is 28.9 Å². The quantitative estimate of drug-likeness (QED) is 0.423. The van der Waals surface area contributed by atoms with E-state index in [4.69, 9.17) is 38.1 Å². The highest BCUT2D eigenvalue weighted by Gasteiger charge is 2.19. The Kier molecular flexibility index (Phi) is 5.36. The average Bonchev–Trinajstić information content (AvgIpc) is 3.26. The van der Waals surface area contributed by atoms with Crippen LogP contribution in [0.1, 0.15) is 17.1 Å². The summed E-state index contributed by atoms with van der Waals surface area (Å²) >= 11 is 12.1. The second-order valence-electron chi connectivity index (χ2n) is 6.65. The minimum absolute atomic E-state index is 0.0589. The van der Waals surface area contributed by atoms with Gasteiger partial charge in [-0.05, 0) is 25.1 Å². The van der Waals surface area contributed by atoms with Crippen LogP contribution in [0, 0.1) is 12.7 Å². The van der Waals surface area contributed by atoms with Gasteiger partial charge in [0, 0.05) is 35.6 Å². The number of rotatable bonds is 5. The number of benzene rings is 2. The first-order chi connectivity index (χ1) is 14.3. The van der Waals surface area contributed by atoms with E-state index >= 15 is 4.39 Å². The van der Waals surface area contributed by atoms with Gasteiger partial charge >= 0.3 is 0 Å². The lowest BCUT2D eigenvalue weighted by atomic mass is 10.1. The molecule has 0 aliphatic heterocycles. The molecule has 0 radical (unpaired) electrons. The van der Waals surface area contributed by atoms with E-state index < -0.39 is 5.82 Å². The summed E-state index contributed by atoms with van der Waals surface area (Å²) in [6.07, 6.45) is 1.83. The van der Waals surface area contributed by atoms with Gasteiger partial charge in [-0.3, -0.25) is 4.68 Å². The zero-order valence-electron chi connectivity index (χ0n) is 16.0. The Morgan fingerprint density at radius 3 is 2.70 bits per heavy atom. The van der Waals surface area contributed by atoms with Crippen LogP contribution in [0.4, 0.5) is 10.1 Å². The molecule has 0 bridgehead atoms. The standard InChI is InChI=1S/C20H16Cl2FN5O2/c1-10-15(9-28(2)27-10)20-26-25-17(30-20)5-11-3-4-16(22)19(18(11)23)29-14-7-12(21)6-13(24)8-14/h3-4,6-9H,5,24H2,1-2H3. The monoisotopic (exact) mass is 447 g/mol. The first-order valence-electron chi connectivity index (χ1n) is 8.84. The van der Waals surface area contributed by atoms with Gasteiger partial charge in [-0.2, -0.15) is 5.10 Å². The summed E-state index contributed by atoms with van der Waals surface area (Å²) in [5, 5.41) is 12.8. The van der Waals surface area contributed by atoms with Gasteiger partial charge in [-0.15, -0.1) is 10.2 Å². The molecule has 2 aromatic carbocycles. The second-order valence-corrected chi connectivity index (χ2v) is 7.50. The van der Waals surface area contributed by atoms with E-state index in [0.717, 1.165) is 11.3 Å². The molecule has 10 heteroatoms. The van der Waals surface area contributed by atoms with Gasteiger partial charge in [0.2, 0.25) is 5.89 Å². The number of nitrogens with zero attached hydrogens (tertiary/aromatic N) is 4. The smallest absolute Gasteiger partial charge is 0.251 e. The molecular weight excluding hydrogens is 432 g/mol. The van der Waals surface area contributed by atoms with E-state index in [1.165, 1.54) is 24.3 Å². The van der Waals surface area contributed by atoms with E-state index in [0.29, 0.717) is 16.6 Å². The molecule has 0 amide bonds. The van der Waals surface area contributed by atoms with Gasteiger partial charge in [0.05, 0.1) is 22.7 Å². The summed E-state index contributed by atoms with van der Waals surface area (Å²) in [6.45, 7) is 1.84. The molecule has 2 heterocycles. The maximum absolute atomic E-state index is 15.1. The number of halogens is 3. The molecule has 0 spiro atoms. The molecule has 4 aromatic rings. The largest absolute Gasteiger partial charge is 0.453 e. The highest BCUT2D eigenvalue weighted by molar-refractivity contribution is 6.32. The molecular formula is C20H16Cl2FN5O2. The van der Waals surface area contributed by atoms with Crippen LogP contribution in [-0.2, 0) is 13.5 Å². The molecule has 0 unspecified atom stereocenters. The molecule has 7 nitrogen and oxygen atoms in total. The Hall–Kier alpha value is -3.10. The number of nitrogen functional groups attached to an aromatic ring is 1. The highest BCUT2D eigenvalue weighted by atomic mass is 35.5. The fourth-order valence-corrected chi connectivity index (χ4v) is 3.39. The van der Waals surface area contributed by atoms with Crippen LogP contribution in [0.25, 0.3) is 11.5 Å². The van der Waals surface area contributed by atoms with Crippen molar-refractivity contribution in [1.82, 2.24) is 20.0 Å². The predicted molar refractivity (Wildman–Crippen MR) is 111 cm³/mol. The summed E-state index contributed by atoms with van der Waals surface area (Å²) in [5.41, 5.74) is 7.89. The minimum atomic E-state index is -0.640. The fraction of sp³-hybridized carbons (Fsp3) is 0.150. The molecule has 30 heavy (non-hydrogen) atoms. The summed E-state index contributed by atoms with van der Waals surface area (Å²) in [5.74, 6) is 0.0467. The van der Waals surface area contributed by atoms with Crippen molar-refractivity contribution in [3.05, 3.63) is 69.5 Å². The van der Waals surface area contributed by atoms with E-state index in [2.05, 4.69) is 15.3 Å². The molecule has 0 aliphatic rings. The Labute approximate surface area is 181 Å². The molecule has 0 atom stereocenters. The first kappa shape index (κ1) is 20.2. The summed E-state index contributed by atoms with van der Waals surface area (Å²) < 4.78 is 28.1. The summed E-state index contributed by atoms with van der Waals surface area (Å²) in [6, 6.07) is 7.66. The molecule has 154 valence electrons. The first-order valence-corrected chi connectivity index (χ1v) is 9.59. The lowest BCUT2D eigenvalue weighted by molar-refractivity contribution is 0.437. The minimum Gasteiger partial charge on any atom is -0.453 e. The third-order valence-corrected chi connectivity index (χ3v) is 4.81. The zero-order valence-corrected chi connectivity index (χ0v) is 17.5. The maximum Gasteiger partial charge on any atom is 0.251 e. The molecule has 2 aromatic heterocycles. The normalized spacial score (nSPS) is 11.1. The van der Waals surface area contributed by atoms with Crippen molar-refractivity contribution in [2.45, 2.75) is 13.3 Å². The third-order valence-electron chi connectivity index (χ3n) is 4.29. The number of aryl methyl sites for hydroxylation is 2. The maximum atomic E-state index is 15.1. The molecule has 2 N–H and O–H groups in total. The Morgan fingerprint density at radius 2 is 2.00 bits per heavy atom. The SMILES string of the molecule is Cc1nn(C)cc1-c1nnc(Cc2ccc(Cl)c(Oc3cc(N)cc(Cl)c3)c2F)o1. The van der Waals surface area contributed by atoms with Crippen LogP contribution in [0.15, 0.2) is 40.9 Å². The molecule has 0 aliphatic carbocycles. The van der Waals surface area contributed by atoms with Crippen molar-refractivity contribution in [1.29, 1.82) is 0 Å². The van der Waals surface area contributed by atoms with Crippen molar-refractivity contribution < 1.29 is 13.5 Å². The number of hydrogen-bond donors (Lipinski definition) is 1. The third kappa shape index (κ3) is 4.10. The number of hydrogen-bond acceptors (Lipinski definition) is 6. The Balaban J connectivity index is 1.61. The van der Waals surface area contributed by atoms with Gasteiger partial charge in [-0.25, -0.2) is 4.39 Å². The van der Waals surface area contributed by atoms with Crippen molar-refractivity contribution in [3.63, 3.8) is 0 Å². The van der Waals surface area contributed by atoms with Crippen LogP contribution < -0.4 is 10.5 Å². The second kappa shape index (κ2) is 7.97. The van der Waals surface area contributed by atoms with Crippen molar-refractivity contribution in [2.75, 3.05) is 5.73 Å². The molecule has 0 fully saturated rings. The molecule has 0 saturated carbocycles. The van der Waals surface area contributed by atoms with Gasteiger partial charge in [-0.1, -0.05) is 29.3 Å². The van der Waals surface area contributed by atoms with Crippen LogP contribution in [0.5, 0.6) is 11.5 Å². The average molecular weight is 448 g/mol. The lowest BCUT2D eigenvalue weighted by Gasteiger charge is -2.12. The topological polar surface area (TPSA) is 92.0 Å². The van der Waals surface area contributed by atoms with Crippen molar-refractivity contribution in [3.8, 4) is 23.0 Å². The van der Waals surface area contributed by atoms with E-state index in [-0.39, 0.29) is 34.4 Å². The molecule has 0 saturated heterocycles. The van der Waals surface area contributed by atoms with Gasteiger partial charge in [0.25, 0.3) is 5.89 Å². The van der Waals surface area contributed by atoms with Crippen LogP contribution in [-0.4, -0.2) is 20.0 Å². The van der Waals surface area contributed by atoms with Crippen LogP contribution >= 0.6 is 23.2 Å². The van der Waals surface area contributed by atoms with E-state index in [1.807, 2.05) is 6.92 Å². The fourth-order valence-electron chi connectivity index (χ4n) is 2.97. The zero-order chi connectivity index (χ0) is 21.4. The van der Waals surface area contributed by atoms with Crippen LogP contribution in [0.2, 0.25) is 10.0 Å². The van der Waals surface area contributed by atoms with Crippen molar-refractivity contribution in [2.24, 2.45) is 7.05 Å². The van der Waals surface area contributed by atoms with E-state index in [9.17, 15) is 0 Å². The highest BCUT2D eigenvalue weighted by Crippen LogP contribution is 2.36. The van der Waals surface area contributed by atoms with Crippen LogP contribution in [0.3, 0.4) is 0 Å². The Morgan fingerprint density at radius 1 is 1.20 bits per heavy atom. The lowest BCUT2D eigenvalue weighted by Crippen LogP contribution is -1.98. The van der Waals surface area contributed by atoms with Gasteiger partial charge < -0.3 is 14.9 Å². The summed E-state index contributed by atoms with van der Waals surface area (Å²) in [4.78, 5) is 0. The number of aromatic nitrogens is 4. The van der Waals surface area contributed by atoms with Gasteiger partial charge in [0.1, 0.15) is 5.75 Å². The van der Waals surface area contributed by atoms with Gasteiger partial charge in [0.15, 0.2) is 11.6 Å².